The number of aryl methyl sites for hydroxylation is 1. The van der Waals surface area contributed by atoms with E-state index in [1.54, 1.807) is 31.3 Å². The van der Waals surface area contributed by atoms with E-state index in [0.29, 0.717) is 52.4 Å². The Hall–Kier alpha value is -4.44. The summed E-state index contributed by atoms with van der Waals surface area (Å²) in [6, 6.07) is 13.0. The fourth-order valence-electron chi connectivity index (χ4n) is 5.02. The molecule has 0 spiro atoms. The Labute approximate surface area is 223 Å². The first-order valence-corrected chi connectivity index (χ1v) is 12.7. The van der Waals surface area contributed by atoms with Gasteiger partial charge in [-0.3, -0.25) is 9.79 Å². The highest BCUT2D eigenvalue weighted by Crippen LogP contribution is 2.35. The maximum Gasteiger partial charge on any atom is 0.253 e. The molecular weight excluding hydrogens is 502 g/mol. The molecule has 2 aromatic heterocycles. The van der Waals surface area contributed by atoms with Crippen LogP contribution in [0, 0.1) is 18.6 Å². The maximum atomic E-state index is 14.7. The lowest BCUT2D eigenvalue weighted by atomic mass is 10.0. The predicted molar refractivity (Wildman–Crippen MR) is 143 cm³/mol. The van der Waals surface area contributed by atoms with Crippen molar-refractivity contribution in [3.8, 4) is 11.3 Å². The second-order valence-corrected chi connectivity index (χ2v) is 9.66. The quantitative estimate of drug-likeness (QED) is 0.385. The number of carbonyl (C=O) groups excluding carboxylic acids is 1. The van der Waals surface area contributed by atoms with Crippen molar-refractivity contribution in [2.75, 3.05) is 25.5 Å². The number of hydrogen-bond donors (Lipinski definition) is 2. The molecule has 2 aromatic carbocycles. The molecule has 2 N–H and O–H groups in total. The first-order valence-electron chi connectivity index (χ1n) is 12.7. The Morgan fingerprint density at radius 1 is 1.13 bits per heavy atom. The van der Waals surface area contributed by atoms with Crippen LogP contribution < -0.4 is 10.6 Å². The molecule has 198 valence electrons. The lowest BCUT2D eigenvalue weighted by Crippen LogP contribution is -2.33. The van der Waals surface area contributed by atoms with E-state index in [9.17, 15) is 13.6 Å². The van der Waals surface area contributed by atoms with E-state index in [1.165, 1.54) is 18.2 Å². The number of rotatable bonds is 5. The molecule has 10 heteroatoms. The number of nitrogens with one attached hydrogen (secondary N) is 2. The normalized spacial score (nSPS) is 16.4. The molecule has 4 aromatic rings. The molecule has 1 saturated heterocycles. The van der Waals surface area contributed by atoms with Crippen molar-refractivity contribution in [2.45, 2.75) is 25.9 Å². The number of aromatic nitrogens is 2. The van der Waals surface area contributed by atoms with Crippen molar-refractivity contribution in [3.63, 3.8) is 0 Å². The second-order valence-electron chi connectivity index (χ2n) is 9.66. The van der Waals surface area contributed by atoms with Crippen molar-refractivity contribution in [1.29, 1.82) is 0 Å². The van der Waals surface area contributed by atoms with E-state index in [0.717, 1.165) is 13.0 Å². The topological polar surface area (TPSA) is 95.7 Å². The molecular formula is C29H26F2N6O2. The Bertz CT molecular complexity index is 1580. The van der Waals surface area contributed by atoms with Crippen LogP contribution in [-0.4, -0.2) is 52.7 Å². The summed E-state index contributed by atoms with van der Waals surface area (Å²) in [4.78, 5) is 28.3. The van der Waals surface area contributed by atoms with Gasteiger partial charge >= 0.3 is 0 Å². The van der Waals surface area contributed by atoms with Gasteiger partial charge in [-0.15, -0.1) is 0 Å². The summed E-state index contributed by atoms with van der Waals surface area (Å²) in [6.45, 7) is 3.32. The SMILES string of the molecule is CNC1CCN(C(=O)c2ccc(Nc3ncc4c(n3)-c3cc(C)oc3C(c3c(F)cccc3F)=NC4)cc2)C1. The highest BCUT2D eigenvalue weighted by Gasteiger charge is 2.29. The van der Waals surface area contributed by atoms with Gasteiger partial charge in [0.25, 0.3) is 5.91 Å². The van der Waals surface area contributed by atoms with E-state index in [4.69, 9.17) is 9.40 Å². The van der Waals surface area contributed by atoms with Gasteiger partial charge in [0.05, 0.1) is 17.8 Å². The van der Waals surface area contributed by atoms with E-state index in [2.05, 4.69) is 20.6 Å². The number of fused-ring (bicyclic) bond motifs is 3. The van der Waals surface area contributed by atoms with Gasteiger partial charge in [0, 0.05) is 47.7 Å². The molecule has 0 radical (unpaired) electrons. The van der Waals surface area contributed by atoms with Crippen LogP contribution in [-0.2, 0) is 6.54 Å². The summed E-state index contributed by atoms with van der Waals surface area (Å²) in [7, 11) is 1.91. The van der Waals surface area contributed by atoms with Crippen LogP contribution in [0.15, 0.2) is 64.1 Å². The summed E-state index contributed by atoms with van der Waals surface area (Å²) >= 11 is 0. The standard InChI is InChI=1S/C29H26F2N6O2/c1-16-12-21-25-18(13-33-26(27(21)39-16)24-22(30)4-3-5-23(24)31)14-34-29(36-25)35-19-8-6-17(7-9-19)28(38)37-11-10-20(15-37)32-2/h3-9,12,14,20,32H,10-11,13,15H2,1-2H3,(H,34,35,36). The third kappa shape index (κ3) is 4.67. The molecule has 39 heavy (non-hydrogen) atoms. The van der Waals surface area contributed by atoms with Gasteiger partial charge in [-0.1, -0.05) is 6.07 Å². The molecule has 1 fully saturated rings. The van der Waals surface area contributed by atoms with Gasteiger partial charge in [-0.2, -0.15) is 0 Å². The lowest BCUT2D eigenvalue weighted by molar-refractivity contribution is 0.0789. The minimum atomic E-state index is -0.721. The van der Waals surface area contributed by atoms with Crippen LogP contribution >= 0.6 is 0 Å². The average Bonchev–Trinajstić information content (AvgIpc) is 3.54. The second kappa shape index (κ2) is 10.0. The average molecular weight is 529 g/mol. The summed E-state index contributed by atoms with van der Waals surface area (Å²) in [5.74, 6) is -0.293. The molecule has 8 nitrogen and oxygen atoms in total. The molecule has 0 bridgehead atoms. The number of halogens is 2. The summed E-state index contributed by atoms with van der Waals surface area (Å²) in [5.41, 5.74) is 3.03. The Balaban J connectivity index is 1.27. The van der Waals surface area contributed by atoms with Gasteiger partial charge in [0.1, 0.15) is 23.1 Å². The van der Waals surface area contributed by atoms with E-state index in [1.807, 2.05) is 24.1 Å². The van der Waals surface area contributed by atoms with Crippen LogP contribution in [0.1, 0.15) is 39.4 Å². The Morgan fingerprint density at radius 3 is 2.62 bits per heavy atom. The smallest absolute Gasteiger partial charge is 0.253 e. The number of aliphatic imine (C=N–C) groups is 1. The van der Waals surface area contributed by atoms with Gasteiger partial charge in [0.2, 0.25) is 5.95 Å². The molecule has 2 aliphatic rings. The summed E-state index contributed by atoms with van der Waals surface area (Å²) in [5, 5.41) is 6.40. The van der Waals surface area contributed by atoms with Crippen LogP contribution in [0.25, 0.3) is 11.3 Å². The summed E-state index contributed by atoms with van der Waals surface area (Å²) < 4.78 is 35.2. The number of amides is 1. The first kappa shape index (κ1) is 24.9. The van der Waals surface area contributed by atoms with Gasteiger partial charge in [-0.05, 0) is 62.9 Å². The van der Waals surface area contributed by atoms with Crippen LogP contribution in [0.3, 0.4) is 0 Å². The van der Waals surface area contributed by atoms with Crippen molar-refractivity contribution in [1.82, 2.24) is 20.2 Å². The minimum Gasteiger partial charge on any atom is -0.459 e. The number of hydrogen-bond acceptors (Lipinski definition) is 7. The van der Waals surface area contributed by atoms with Crippen LogP contribution in [0.5, 0.6) is 0 Å². The largest absolute Gasteiger partial charge is 0.459 e. The third-order valence-electron chi connectivity index (χ3n) is 7.07. The Kier molecular flexibility index (Phi) is 6.40. The monoisotopic (exact) mass is 528 g/mol. The zero-order valence-electron chi connectivity index (χ0n) is 21.5. The highest BCUT2D eigenvalue weighted by atomic mass is 19.1. The molecule has 1 amide bonds. The molecule has 1 unspecified atom stereocenters. The van der Waals surface area contributed by atoms with Crippen molar-refractivity contribution in [3.05, 3.63) is 94.6 Å². The number of nitrogens with zero attached hydrogens (tertiary/aromatic N) is 4. The number of likely N-dealkylation sites (N-methyl/N-ethyl adjacent to an activating group) is 1. The van der Waals surface area contributed by atoms with Crippen LogP contribution in [0.4, 0.5) is 20.4 Å². The third-order valence-corrected chi connectivity index (χ3v) is 7.07. The predicted octanol–water partition coefficient (Wildman–Crippen LogP) is 4.85. The van der Waals surface area contributed by atoms with Gasteiger partial charge < -0.3 is 20.0 Å². The molecule has 2 aliphatic heterocycles. The molecule has 1 atom stereocenters. The zero-order valence-corrected chi connectivity index (χ0v) is 21.5. The van der Waals surface area contributed by atoms with E-state index < -0.39 is 11.6 Å². The van der Waals surface area contributed by atoms with E-state index >= 15 is 0 Å². The fourth-order valence-corrected chi connectivity index (χ4v) is 5.02. The zero-order chi connectivity index (χ0) is 27.1. The molecule has 6 rings (SSSR count). The van der Waals surface area contributed by atoms with Crippen molar-refractivity contribution < 1.29 is 18.0 Å². The lowest BCUT2D eigenvalue weighted by Gasteiger charge is -2.16. The Morgan fingerprint density at radius 2 is 1.90 bits per heavy atom. The number of likely N-dealkylation sites (tertiary alicyclic amines) is 1. The first-order chi connectivity index (χ1) is 18.9. The van der Waals surface area contributed by atoms with Crippen LogP contribution in [0.2, 0.25) is 0 Å². The maximum absolute atomic E-state index is 14.7. The number of carbonyl (C=O) groups is 1. The van der Waals surface area contributed by atoms with Gasteiger partial charge in [-0.25, -0.2) is 18.7 Å². The minimum absolute atomic E-state index is 0.00512. The number of anilines is 2. The molecule has 4 heterocycles. The highest BCUT2D eigenvalue weighted by molar-refractivity contribution is 6.15. The molecule has 0 saturated carbocycles. The van der Waals surface area contributed by atoms with Gasteiger partial charge in [0.15, 0.2) is 5.76 Å². The van der Waals surface area contributed by atoms with Crippen molar-refractivity contribution >= 4 is 23.3 Å². The fraction of sp³-hybridized carbons (Fsp3) is 0.241. The number of furan rings is 1. The molecule has 0 aliphatic carbocycles. The van der Waals surface area contributed by atoms with Crippen molar-refractivity contribution in [2.24, 2.45) is 4.99 Å². The number of benzene rings is 2. The summed E-state index contributed by atoms with van der Waals surface area (Å²) in [6.07, 6.45) is 2.58. The van der Waals surface area contributed by atoms with E-state index in [-0.39, 0.29) is 29.5 Å².